The number of primary amides is 1. The van der Waals surface area contributed by atoms with Crippen LogP contribution in [-0.4, -0.2) is 21.2 Å². The van der Waals surface area contributed by atoms with Gasteiger partial charge in [-0.05, 0) is 24.6 Å². The number of hydrogen-bond donors (Lipinski definition) is 1. The summed E-state index contributed by atoms with van der Waals surface area (Å²) in [6, 6.07) is 8.07. The SMILES string of the molecule is CCn1c(-c2ccc(Br)cc2)cnc1SCC(N)=O. The van der Waals surface area contributed by atoms with Gasteiger partial charge in [0.15, 0.2) is 5.16 Å². The van der Waals surface area contributed by atoms with Crippen molar-refractivity contribution in [2.45, 2.75) is 18.6 Å². The predicted octanol–water partition coefficient (Wildman–Crippen LogP) is 2.91. The van der Waals surface area contributed by atoms with Crippen LogP contribution >= 0.6 is 27.7 Å². The van der Waals surface area contributed by atoms with E-state index < -0.39 is 0 Å². The Balaban J connectivity index is 2.31. The molecule has 0 spiro atoms. The van der Waals surface area contributed by atoms with Gasteiger partial charge in [-0.15, -0.1) is 0 Å². The van der Waals surface area contributed by atoms with Crippen molar-refractivity contribution in [3.05, 3.63) is 34.9 Å². The lowest BCUT2D eigenvalue weighted by Crippen LogP contribution is -2.13. The molecule has 2 rings (SSSR count). The molecule has 1 heterocycles. The fraction of sp³-hybridized carbons (Fsp3) is 0.231. The lowest BCUT2D eigenvalue weighted by molar-refractivity contribution is -0.115. The van der Waals surface area contributed by atoms with Crippen LogP contribution in [0.3, 0.4) is 0 Å². The summed E-state index contributed by atoms with van der Waals surface area (Å²) >= 11 is 4.79. The van der Waals surface area contributed by atoms with Gasteiger partial charge < -0.3 is 10.3 Å². The van der Waals surface area contributed by atoms with Crippen molar-refractivity contribution in [3.63, 3.8) is 0 Å². The molecule has 0 fully saturated rings. The number of carbonyl (C=O) groups excluding carboxylic acids is 1. The van der Waals surface area contributed by atoms with E-state index in [0.29, 0.717) is 0 Å². The first-order valence-electron chi connectivity index (χ1n) is 5.84. The molecule has 0 aliphatic carbocycles. The maximum absolute atomic E-state index is 10.8. The van der Waals surface area contributed by atoms with Crippen LogP contribution in [0.5, 0.6) is 0 Å². The van der Waals surface area contributed by atoms with Crippen molar-refractivity contribution in [1.82, 2.24) is 9.55 Å². The van der Waals surface area contributed by atoms with Crippen LogP contribution in [0, 0.1) is 0 Å². The average Bonchev–Trinajstić information content (AvgIpc) is 2.80. The molecule has 1 amide bonds. The molecule has 0 saturated carbocycles. The second-order valence-corrected chi connectivity index (χ2v) is 5.79. The van der Waals surface area contributed by atoms with E-state index in [4.69, 9.17) is 5.73 Å². The lowest BCUT2D eigenvalue weighted by Gasteiger charge is -2.08. The fourth-order valence-corrected chi connectivity index (χ4v) is 2.81. The van der Waals surface area contributed by atoms with Crippen LogP contribution in [0.15, 0.2) is 40.1 Å². The second kappa shape index (κ2) is 6.25. The molecule has 0 unspecified atom stereocenters. The third-order valence-electron chi connectivity index (χ3n) is 2.62. The van der Waals surface area contributed by atoms with Gasteiger partial charge in [-0.2, -0.15) is 0 Å². The monoisotopic (exact) mass is 339 g/mol. The summed E-state index contributed by atoms with van der Waals surface area (Å²) in [4.78, 5) is 15.2. The molecular weight excluding hydrogens is 326 g/mol. The number of hydrogen-bond acceptors (Lipinski definition) is 3. The van der Waals surface area contributed by atoms with E-state index in [1.807, 2.05) is 30.5 Å². The lowest BCUT2D eigenvalue weighted by atomic mass is 10.2. The molecule has 1 aromatic carbocycles. The molecule has 0 atom stereocenters. The second-order valence-electron chi connectivity index (χ2n) is 3.93. The molecule has 2 aromatic rings. The molecule has 0 radical (unpaired) electrons. The van der Waals surface area contributed by atoms with Crippen LogP contribution in [0.2, 0.25) is 0 Å². The first-order chi connectivity index (χ1) is 9.11. The Morgan fingerprint density at radius 1 is 1.42 bits per heavy atom. The minimum Gasteiger partial charge on any atom is -0.369 e. The molecule has 4 nitrogen and oxygen atoms in total. The molecular formula is C13H14BrN3OS. The van der Waals surface area contributed by atoms with E-state index in [0.717, 1.165) is 27.4 Å². The Hall–Kier alpha value is -1.27. The van der Waals surface area contributed by atoms with Crippen molar-refractivity contribution < 1.29 is 4.79 Å². The number of halogens is 1. The van der Waals surface area contributed by atoms with Gasteiger partial charge in [0.1, 0.15) is 0 Å². The third kappa shape index (κ3) is 3.39. The quantitative estimate of drug-likeness (QED) is 0.852. The van der Waals surface area contributed by atoms with E-state index in [9.17, 15) is 4.79 Å². The molecule has 100 valence electrons. The van der Waals surface area contributed by atoms with Gasteiger partial charge in [-0.1, -0.05) is 39.8 Å². The van der Waals surface area contributed by atoms with Gasteiger partial charge in [-0.25, -0.2) is 4.98 Å². The molecule has 0 saturated heterocycles. The van der Waals surface area contributed by atoms with Gasteiger partial charge in [0.05, 0.1) is 17.6 Å². The fourth-order valence-electron chi connectivity index (χ4n) is 1.77. The van der Waals surface area contributed by atoms with E-state index in [2.05, 4.69) is 32.4 Å². The average molecular weight is 340 g/mol. The number of aromatic nitrogens is 2. The Labute approximate surface area is 124 Å². The van der Waals surface area contributed by atoms with E-state index in [1.165, 1.54) is 11.8 Å². The number of rotatable bonds is 5. The largest absolute Gasteiger partial charge is 0.369 e. The zero-order chi connectivity index (χ0) is 13.8. The smallest absolute Gasteiger partial charge is 0.227 e. The van der Waals surface area contributed by atoms with E-state index in [1.54, 1.807) is 0 Å². The highest BCUT2D eigenvalue weighted by atomic mass is 79.9. The van der Waals surface area contributed by atoms with Crippen molar-refractivity contribution in [2.24, 2.45) is 5.73 Å². The molecule has 19 heavy (non-hydrogen) atoms. The third-order valence-corrected chi connectivity index (χ3v) is 4.16. The summed E-state index contributed by atoms with van der Waals surface area (Å²) in [7, 11) is 0. The zero-order valence-corrected chi connectivity index (χ0v) is 12.9. The number of thioether (sulfide) groups is 1. The topological polar surface area (TPSA) is 60.9 Å². The standard InChI is InChI=1S/C13H14BrN3OS/c1-2-17-11(9-3-5-10(14)6-4-9)7-16-13(17)19-8-12(15)18/h3-7H,2,8H2,1H3,(H2,15,18). The van der Waals surface area contributed by atoms with Crippen LogP contribution in [-0.2, 0) is 11.3 Å². The first kappa shape index (κ1) is 14.1. The predicted molar refractivity (Wildman–Crippen MR) is 81.0 cm³/mol. The number of nitrogens with zero attached hydrogens (tertiary/aromatic N) is 2. The van der Waals surface area contributed by atoms with Crippen molar-refractivity contribution in [2.75, 3.05) is 5.75 Å². The van der Waals surface area contributed by atoms with Gasteiger partial charge in [-0.3, -0.25) is 4.79 Å². The van der Waals surface area contributed by atoms with Gasteiger partial charge in [0.2, 0.25) is 5.91 Å². The maximum atomic E-state index is 10.8. The number of nitrogens with two attached hydrogens (primary N) is 1. The summed E-state index contributed by atoms with van der Waals surface area (Å²) in [6.07, 6.45) is 1.83. The minimum absolute atomic E-state index is 0.247. The normalized spacial score (nSPS) is 10.6. The Kier molecular flexibility index (Phi) is 4.66. The Morgan fingerprint density at radius 3 is 2.68 bits per heavy atom. The number of imidazole rings is 1. The Morgan fingerprint density at radius 2 is 2.11 bits per heavy atom. The summed E-state index contributed by atoms with van der Waals surface area (Å²) in [5, 5.41) is 0.819. The van der Waals surface area contributed by atoms with Crippen LogP contribution in [0.4, 0.5) is 0 Å². The first-order valence-corrected chi connectivity index (χ1v) is 7.62. The van der Waals surface area contributed by atoms with Gasteiger partial charge in [0.25, 0.3) is 0 Å². The van der Waals surface area contributed by atoms with Crippen molar-refractivity contribution >= 4 is 33.6 Å². The molecule has 6 heteroatoms. The van der Waals surface area contributed by atoms with Crippen LogP contribution in [0.25, 0.3) is 11.3 Å². The van der Waals surface area contributed by atoms with E-state index in [-0.39, 0.29) is 11.7 Å². The maximum Gasteiger partial charge on any atom is 0.227 e. The molecule has 0 aliphatic heterocycles. The molecule has 2 N–H and O–H groups in total. The summed E-state index contributed by atoms with van der Waals surface area (Å²) in [5.74, 6) is -0.0857. The summed E-state index contributed by atoms with van der Waals surface area (Å²) in [6.45, 7) is 2.85. The summed E-state index contributed by atoms with van der Waals surface area (Å²) in [5.41, 5.74) is 7.31. The molecule has 1 aromatic heterocycles. The highest BCUT2D eigenvalue weighted by Gasteiger charge is 2.11. The number of amides is 1. The van der Waals surface area contributed by atoms with Crippen molar-refractivity contribution in [3.8, 4) is 11.3 Å². The van der Waals surface area contributed by atoms with Gasteiger partial charge >= 0.3 is 0 Å². The van der Waals surface area contributed by atoms with Crippen LogP contribution in [0.1, 0.15) is 6.92 Å². The highest BCUT2D eigenvalue weighted by molar-refractivity contribution is 9.10. The minimum atomic E-state index is -0.333. The summed E-state index contributed by atoms with van der Waals surface area (Å²) < 4.78 is 3.12. The van der Waals surface area contributed by atoms with Gasteiger partial charge in [0, 0.05) is 11.0 Å². The molecule has 0 aliphatic rings. The van der Waals surface area contributed by atoms with E-state index >= 15 is 0 Å². The highest BCUT2D eigenvalue weighted by Crippen LogP contribution is 2.26. The van der Waals surface area contributed by atoms with Crippen molar-refractivity contribution in [1.29, 1.82) is 0 Å². The van der Waals surface area contributed by atoms with Crippen LogP contribution < -0.4 is 5.73 Å². The Bertz CT molecular complexity index is 580. The molecule has 0 bridgehead atoms. The number of benzene rings is 1. The zero-order valence-electron chi connectivity index (χ0n) is 10.5. The number of carbonyl (C=O) groups is 1.